The molecule has 0 fully saturated rings. The van der Waals surface area contributed by atoms with Crippen molar-refractivity contribution in [3.63, 3.8) is 0 Å². The highest BCUT2D eigenvalue weighted by molar-refractivity contribution is 7.46. The van der Waals surface area contributed by atoms with Crippen LogP contribution in [-0.2, 0) is 28.2 Å². The molecule has 0 unspecified atom stereocenters. The van der Waals surface area contributed by atoms with Crippen molar-refractivity contribution < 1.29 is 37.9 Å². The Morgan fingerprint density at radius 3 is 1.31 bits per heavy atom. The maximum absolute atomic E-state index is 12.4. The number of rotatable bonds is 41. The van der Waals surface area contributed by atoms with Crippen LogP contribution in [0.1, 0.15) is 219 Å². The molecule has 9 heteroatoms. The number of unbranched alkanes of at least 4 members (excludes halogenated alkanes) is 28. The maximum atomic E-state index is 12.4. The van der Waals surface area contributed by atoms with Crippen LogP contribution >= 0.6 is 7.82 Å². The van der Waals surface area contributed by atoms with E-state index in [0.717, 1.165) is 44.9 Å². The standard InChI is InChI=1S/C43H81O8P/c1-3-5-7-9-11-13-15-17-19-20-21-22-24-25-27-29-31-33-35-37-42(44)49-39-41(40-50-52(46,47)48)51-43(45)38-36-34-32-30-28-26-23-18-16-14-12-10-8-6-4-2/h4,17,19,41H,2-3,5-16,18,20-40H2,1H3,(H2,46,47,48)/b19-17+/t41-/m1/s1. The van der Waals surface area contributed by atoms with Crippen molar-refractivity contribution in [2.45, 2.75) is 225 Å². The second-order valence-corrected chi connectivity index (χ2v) is 16.0. The average molecular weight is 757 g/mol. The average Bonchev–Trinajstić information content (AvgIpc) is 3.11. The minimum Gasteiger partial charge on any atom is -0.462 e. The molecule has 52 heavy (non-hydrogen) atoms. The molecule has 2 N–H and O–H groups in total. The van der Waals surface area contributed by atoms with Gasteiger partial charge in [0.1, 0.15) is 6.61 Å². The Balaban J connectivity index is 3.85. The summed E-state index contributed by atoms with van der Waals surface area (Å²) >= 11 is 0. The van der Waals surface area contributed by atoms with Crippen LogP contribution in [0.25, 0.3) is 0 Å². The predicted octanol–water partition coefficient (Wildman–Crippen LogP) is 13.2. The lowest BCUT2D eigenvalue weighted by molar-refractivity contribution is -0.161. The maximum Gasteiger partial charge on any atom is 0.469 e. The molecule has 8 nitrogen and oxygen atoms in total. The Morgan fingerprint density at radius 2 is 0.904 bits per heavy atom. The summed E-state index contributed by atoms with van der Waals surface area (Å²) in [7, 11) is -4.75. The van der Waals surface area contributed by atoms with Crippen LogP contribution in [0.5, 0.6) is 0 Å². The summed E-state index contributed by atoms with van der Waals surface area (Å²) in [6.45, 7) is 5.21. The molecule has 0 bridgehead atoms. The molecule has 0 radical (unpaired) electrons. The van der Waals surface area contributed by atoms with Gasteiger partial charge in [-0.05, 0) is 51.4 Å². The highest BCUT2D eigenvalue weighted by Gasteiger charge is 2.22. The molecular weight excluding hydrogens is 675 g/mol. The lowest BCUT2D eigenvalue weighted by atomic mass is 10.0. The Hall–Kier alpha value is -1.47. The van der Waals surface area contributed by atoms with E-state index in [-0.39, 0.29) is 19.4 Å². The van der Waals surface area contributed by atoms with E-state index >= 15 is 0 Å². The second kappa shape index (κ2) is 39.2. The first-order valence-electron chi connectivity index (χ1n) is 21.6. The number of ether oxygens (including phenoxy) is 2. The summed E-state index contributed by atoms with van der Waals surface area (Å²) in [6.07, 6.45) is 43.6. The summed E-state index contributed by atoms with van der Waals surface area (Å²) < 4.78 is 26.4. The molecule has 0 amide bonds. The molecule has 0 saturated carbocycles. The third kappa shape index (κ3) is 41.3. The normalized spacial score (nSPS) is 12.4. The molecule has 0 aliphatic carbocycles. The number of carbonyl (C=O) groups is 2. The topological polar surface area (TPSA) is 119 Å². The molecule has 0 aromatic carbocycles. The van der Waals surface area contributed by atoms with E-state index < -0.39 is 32.5 Å². The van der Waals surface area contributed by atoms with E-state index in [2.05, 4.69) is 30.2 Å². The largest absolute Gasteiger partial charge is 0.469 e. The molecule has 0 saturated heterocycles. The zero-order chi connectivity index (χ0) is 38.2. The number of esters is 2. The van der Waals surface area contributed by atoms with E-state index in [9.17, 15) is 14.2 Å². The van der Waals surface area contributed by atoms with Crippen LogP contribution in [0, 0.1) is 0 Å². The third-order valence-electron chi connectivity index (χ3n) is 9.59. The molecule has 0 rings (SSSR count). The fourth-order valence-corrected chi connectivity index (χ4v) is 6.71. The van der Waals surface area contributed by atoms with Gasteiger partial charge in [0.05, 0.1) is 6.61 Å². The van der Waals surface area contributed by atoms with Crippen LogP contribution in [0.15, 0.2) is 24.8 Å². The summed E-state index contributed by atoms with van der Waals surface area (Å²) in [5, 5.41) is 0. The Kier molecular flexibility index (Phi) is 38.1. The van der Waals surface area contributed by atoms with Gasteiger partial charge in [-0.25, -0.2) is 4.57 Å². The van der Waals surface area contributed by atoms with Gasteiger partial charge in [-0.2, -0.15) is 0 Å². The van der Waals surface area contributed by atoms with Gasteiger partial charge in [-0.15, -0.1) is 6.58 Å². The highest BCUT2D eigenvalue weighted by atomic mass is 31.2. The Labute approximate surface area is 319 Å². The number of carbonyl (C=O) groups excluding carboxylic acids is 2. The first kappa shape index (κ1) is 50.5. The van der Waals surface area contributed by atoms with Crippen molar-refractivity contribution in [2.75, 3.05) is 13.2 Å². The first-order valence-corrected chi connectivity index (χ1v) is 23.1. The fraction of sp³-hybridized carbons (Fsp3) is 0.860. The smallest absolute Gasteiger partial charge is 0.462 e. The number of hydrogen-bond acceptors (Lipinski definition) is 6. The highest BCUT2D eigenvalue weighted by Crippen LogP contribution is 2.36. The van der Waals surface area contributed by atoms with Crippen molar-refractivity contribution in [1.82, 2.24) is 0 Å². The van der Waals surface area contributed by atoms with Gasteiger partial charge >= 0.3 is 19.8 Å². The van der Waals surface area contributed by atoms with E-state index in [1.165, 1.54) is 148 Å². The zero-order valence-electron chi connectivity index (χ0n) is 33.6. The van der Waals surface area contributed by atoms with Gasteiger partial charge in [-0.3, -0.25) is 14.1 Å². The monoisotopic (exact) mass is 757 g/mol. The van der Waals surface area contributed by atoms with E-state index in [0.29, 0.717) is 6.42 Å². The van der Waals surface area contributed by atoms with E-state index in [1.54, 1.807) is 0 Å². The van der Waals surface area contributed by atoms with Gasteiger partial charge in [0.2, 0.25) is 0 Å². The van der Waals surface area contributed by atoms with Crippen molar-refractivity contribution >= 4 is 19.8 Å². The van der Waals surface area contributed by atoms with Crippen molar-refractivity contribution in [2.24, 2.45) is 0 Å². The number of allylic oxidation sites excluding steroid dienone is 3. The van der Waals surface area contributed by atoms with Crippen molar-refractivity contribution in [1.29, 1.82) is 0 Å². The Bertz CT molecular complexity index is 886. The number of phosphoric acid groups is 1. The van der Waals surface area contributed by atoms with E-state index in [4.69, 9.17) is 19.3 Å². The summed E-state index contributed by atoms with van der Waals surface area (Å²) in [5.74, 6) is -0.881. The molecule has 0 spiro atoms. The number of hydrogen-bond donors (Lipinski definition) is 2. The van der Waals surface area contributed by atoms with Gasteiger partial charge in [0, 0.05) is 12.8 Å². The third-order valence-corrected chi connectivity index (χ3v) is 10.1. The van der Waals surface area contributed by atoms with Crippen molar-refractivity contribution in [3.05, 3.63) is 24.8 Å². The Morgan fingerprint density at radius 1 is 0.538 bits per heavy atom. The van der Waals surface area contributed by atoms with Gasteiger partial charge < -0.3 is 19.3 Å². The molecule has 0 heterocycles. The van der Waals surface area contributed by atoms with E-state index in [1.807, 2.05) is 6.08 Å². The minimum absolute atomic E-state index is 0.212. The van der Waals surface area contributed by atoms with Crippen LogP contribution in [0.3, 0.4) is 0 Å². The molecule has 0 aromatic rings. The lowest BCUT2D eigenvalue weighted by Gasteiger charge is -2.18. The molecule has 0 aromatic heterocycles. The lowest BCUT2D eigenvalue weighted by Crippen LogP contribution is -2.29. The van der Waals surface area contributed by atoms with Crippen LogP contribution in [0.2, 0.25) is 0 Å². The predicted molar refractivity (Wildman–Crippen MR) is 216 cm³/mol. The molecular formula is C43H81O8P. The molecule has 1 atom stereocenters. The number of phosphoric ester groups is 1. The first-order chi connectivity index (χ1) is 25.3. The second-order valence-electron chi connectivity index (χ2n) is 14.8. The summed E-state index contributed by atoms with van der Waals surface area (Å²) in [5.41, 5.74) is 0. The quantitative estimate of drug-likeness (QED) is 0.0274. The van der Waals surface area contributed by atoms with Crippen molar-refractivity contribution in [3.8, 4) is 0 Å². The molecule has 306 valence electrons. The fourth-order valence-electron chi connectivity index (χ4n) is 6.35. The van der Waals surface area contributed by atoms with Gasteiger partial charge in [0.25, 0.3) is 0 Å². The molecule has 0 aliphatic heterocycles. The summed E-state index contributed by atoms with van der Waals surface area (Å²) in [4.78, 5) is 42.9. The minimum atomic E-state index is -4.75. The van der Waals surface area contributed by atoms with Gasteiger partial charge in [-0.1, -0.05) is 173 Å². The van der Waals surface area contributed by atoms with Crippen LogP contribution < -0.4 is 0 Å². The SMILES string of the molecule is C=CCCCCCCCCCCCCCCCC(=O)O[C@H](COC(=O)CCCCCCCCCCC/C=C/CCCCCCCC)COP(=O)(O)O. The van der Waals surface area contributed by atoms with Crippen LogP contribution in [-0.4, -0.2) is 41.0 Å². The molecule has 0 aliphatic rings. The summed E-state index contributed by atoms with van der Waals surface area (Å²) in [6, 6.07) is 0. The van der Waals surface area contributed by atoms with Gasteiger partial charge in [0.15, 0.2) is 6.10 Å². The van der Waals surface area contributed by atoms with Crippen LogP contribution in [0.4, 0.5) is 0 Å². The zero-order valence-corrected chi connectivity index (χ0v) is 34.5.